The van der Waals surface area contributed by atoms with E-state index in [2.05, 4.69) is 0 Å². The fourth-order valence-corrected chi connectivity index (χ4v) is 7.55. The van der Waals surface area contributed by atoms with Gasteiger partial charge in [-0.1, -0.05) is 18.5 Å². The highest BCUT2D eigenvalue weighted by Gasteiger charge is 2.72. The third-order valence-corrected chi connectivity index (χ3v) is 8.82. The third kappa shape index (κ3) is 2.25. The minimum absolute atomic E-state index is 0.0161. The number of carbonyl (C=O) groups excluding carboxylic acids is 1. The molecule has 6 atom stereocenters. The Kier molecular flexibility index (Phi) is 4.32. The van der Waals surface area contributed by atoms with Crippen molar-refractivity contribution >= 4 is 17.4 Å². The SMILES string of the molecule is CCC12CCC3C4CCC(=O)C(Cl)=C4CCC3C1CC[C@]2(O)C(F)(F)F. The van der Waals surface area contributed by atoms with Crippen LogP contribution in [0.15, 0.2) is 10.6 Å². The fourth-order valence-electron chi connectivity index (χ4n) is 7.22. The summed E-state index contributed by atoms with van der Waals surface area (Å²) in [5.74, 6) is 0.680. The van der Waals surface area contributed by atoms with Crippen LogP contribution in [0, 0.1) is 29.1 Å². The lowest BCUT2D eigenvalue weighted by Gasteiger charge is -2.57. The monoisotopic (exact) mass is 390 g/mol. The molecular weight excluding hydrogens is 365 g/mol. The van der Waals surface area contributed by atoms with Crippen LogP contribution in [0.5, 0.6) is 0 Å². The molecule has 146 valence electrons. The van der Waals surface area contributed by atoms with Gasteiger partial charge in [-0.05, 0) is 80.6 Å². The Hall–Kier alpha value is -0.550. The van der Waals surface area contributed by atoms with Gasteiger partial charge in [-0.25, -0.2) is 0 Å². The van der Waals surface area contributed by atoms with Crippen molar-refractivity contribution in [1.82, 2.24) is 0 Å². The van der Waals surface area contributed by atoms with E-state index in [1.165, 1.54) is 0 Å². The molecule has 0 spiro atoms. The van der Waals surface area contributed by atoms with Gasteiger partial charge >= 0.3 is 6.18 Å². The molecule has 4 aliphatic rings. The van der Waals surface area contributed by atoms with Gasteiger partial charge in [-0.3, -0.25) is 4.79 Å². The maximum Gasteiger partial charge on any atom is 0.417 e. The molecule has 0 aliphatic heterocycles. The second kappa shape index (κ2) is 5.97. The van der Waals surface area contributed by atoms with Crippen molar-refractivity contribution in [2.75, 3.05) is 0 Å². The Morgan fingerprint density at radius 2 is 1.85 bits per heavy atom. The molecule has 26 heavy (non-hydrogen) atoms. The normalized spacial score (nSPS) is 46.0. The number of ketones is 1. The molecular formula is C20H26ClF3O2. The quantitative estimate of drug-likeness (QED) is 0.652. The second-order valence-corrected chi connectivity index (χ2v) is 9.20. The summed E-state index contributed by atoms with van der Waals surface area (Å²) in [7, 11) is 0. The van der Waals surface area contributed by atoms with Crippen LogP contribution >= 0.6 is 11.6 Å². The largest absolute Gasteiger partial charge is 0.417 e. The smallest absolute Gasteiger partial charge is 0.380 e. The zero-order chi connectivity index (χ0) is 18.9. The highest BCUT2D eigenvalue weighted by molar-refractivity contribution is 6.43. The molecule has 2 nitrogen and oxygen atoms in total. The number of fused-ring (bicyclic) bond motifs is 5. The van der Waals surface area contributed by atoms with E-state index in [1.807, 2.05) is 0 Å². The lowest BCUT2D eigenvalue weighted by atomic mass is 9.49. The minimum atomic E-state index is -4.58. The molecule has 0 aromatic carbocycles. The minimum Gasteiger partial charge on any atom is -0.380 e. The van der Waals surface area contributed by atoms with E-state index in [1.54, 1.807) is 6.92 Å². The fraction of sp³-hybridized carbons (Fsp3) is 0.850. The van der Waals surface area contributed by atoms with E-state index in [9.17, 15) is 23.1 Å². The van der Waals surface area contributed by atoms with Crippen LogP contribution in [-0.2, 0) is 4.79 Å². The summed E-state index contributed by atoms with van der Waals surface area (Å²) >= 11 is 6.28. The van der Waals surface area contributed by atoms with Crippen LogP contribution in [0.2, 0.25) is 0 Å². The first kappa shape index (κ1) is 18.8. The average Bonchev–Trinajstić information content (AvgIpc) is 2.92. The van der Waals surface area contributed by atoms with Crippen molar-refractivity contribution in [3.8, 4) is 0 Å². The van der Waals surface area contributed by atoms with Crippen molar-refractivity contribution < 1.29 is 23.1 Å². The number of aliphatic hydroxyl groups is 1. The van der Waals surface area contributed by atoms with Crippen LogP contribution < -0.4 is 0 Å². The van der Waals surface area contributed by atoms with E-state index in [0.717, 1.165) is 24.8 Å². The Morgan fingerprint density at radius 1 is 1.12 bits per heavy atom. The van der Waals surface area contributed by atoms with Crippen LogP contribution in [-0.4, -0.2) is 22.7 Å². The number of Topliss-reactive ketones (excluding diaryl/α,β-unsaturated/α-hetero) is 1. The van der Waals surface area contributed by atoms with Crippen molar-refractivity contribution in [1.29, 1.82) is 0 Å². The van der Waals surface area contributed by atoms with Crippen LogP contribution in [0.25, 0.3) is 0 Å². The van der Waals surface area contributed by atoms with Gasteiger partial charge in [0.2, 0.25) is 0 Å². The molecule has 0 heterocycles. The zero-order valence-electron chi connectivity index (χ0n) is 15.0. The van der Waals surface area contributed by atoms with Gasteiger partial charge in [0.25, 0.3) is 0 Å². The lowest BCUT2D eigenvalue weighted by Crippen LogP contribution is -2.60. The van der Waals surface area contributed by atoms with Gasteiger partial charge in [-0.2, -0.15) is 13.2 Å². The van der Waals surface area contributed by atoms with Crippen LogP contribution in [0.3, 0.4) is 0 Å². The van der Waals surface area contributed by atoms with Gasteiger partial charge < -0.3 is 5.11 Å². The maximum atomic E-state index is 13.8. The van der Waals surface area contributed by atoms with E-state index >= 15 is 0 Å². The number of rotatable bonds is 1. The summed E-state index contributed by atoms with van der Waals surface area (Å²) < 4.78 is 41.5. The lowest BCUT2D eigenvalue weighted by molar-refractivity contribution is -0.306. The summed E-state index contributed by atoms with van der Waals surface area (Å²) in [6, 6.07) is 0. The maximum absolute atomic E-state index is 13.8. The molecule has 4 rings (SSSR count). The molecule has 1 N–H and O–H groups in total. The first-order valence-corrected chi connectivity index (χ1v) is 10.2. The van der Waals surface area contributed by atoms with Gasteiger partial charge in [0.05, 0.1) is 5.03 Å². The molecule has 0 radical (unpaired) electrons. The highest BCUT2D eigenvalue weighted by Crippen LogP contribution is 2.69. The molecule has 0 aromatic heterocycles. The standard InChI is InChI=1S/C20H26ClF3O2/c1-2-18-9-7-12-11-5-6-16(25)17(21)14(11)4-3-13(12)15(18)8-10-19(18,26)20(22,23)24/h11-13,15,26H,2-10H2,1H3/t11?,12?,13?,15?,18?,19-/m1/s1. The van der Waals surface area contributed by atoms with E-state index < -0.39 is 17.2 Å². The van der Waals surface area contributed by atoms with E-state index in [0.29, 0.717) is 43.1 Å². The number of allylic oxidation sites excluding steroid dienone is 1. The highest BCUT2D eigenvalue weighted by atomic mass is 35.5. The Bertz CT molecular complexity index is 658. The first-order chi connectivity index (χ1) is 12.2. The summed E-state index contributed by atoms with van der Waals surface area (Å²) in [6.07, 6.45) is -0.0893. The number of carbonyl (C=O) groups is 1. The van der Waals surface area contributed by atoms with Gasteiger partial charge in [0.1, 0.15) is 0 Å². The molecule has 0 saturated heterocycles. The number of hydrogen-bond acceptors (Lipinski definition) is 2. The van der Waals surface area contributed by atoms with E-state index in [4.69, 9.17) is 11.6 Å². The summed E-state index contributed by atoms with van der Waals surface area (Å²) in [4.78, 5) is 11.9. The molecule has 3 fully saturated rings. The summed E-state index contributed by atoms with van der Waals surface area (Å²) in [5.41, 5.74) is -2.56. The predicted molar refractivity (Wildman–Crippen MR) is 92.5 cm³/mol. The molecule has 5 unspecified atom stereocenters. The molecule has 0 bridgehead atoms. The van der Waals surface area contributed by atoms with Crippen molar-refractivity contribution in [3.63, 3.8) is 0 Å². The second-order valence-electron chi connectivity index (χ2n) is 8.83. The average molecular weight is 391 g/mol. The van der Waals surface area contributed by atoms with Crippen molar-refractivity contribution in [3.05, 3.63) is 10.6 Å². The van der Waals surface area contributed by atoms with Gasteiger partial charge in [-0.15, -0.1) is 0 Å². The summed E-state index contributed by atoms with van der Waals surface area (Å²) in [6.45, 7) is 1.81. The van der Waals surface area contributed by atoms with Gasteiger partial charge in [0.15, 0.2) is 11.4 Å². The van der Waals surface area contributed by atoms with Crippen LogP contribution in [0.1, 0.15) is 64.7 Å². The Labute approximate surface area is 157 Å². The number of halogens is 4. The molecule has 6 heteroatoms. The van der Waals surface area contributed by atoms with E-state index in [-0.39, 0.29) is 30.0 Å². The summed E-state index contributed by atoms with van der Waals surface area (Å²) in [5, 5.41) is 11.2. The number of hydrogen-bond donors (Lipinski definition) is 1. The molecule has 3 saturated carbocycles. The van der Waals surface area contributed by atoms with Crippen molar-refractivity contribution in [2.24, 2.45) is 29.1 Å². The Balaban J connectivity index is 1.69. The number of alkyl halides is 3. The molecule has 0 amide bonds. The van der Waals surface area contributed by atoms with Crippen molar-refractivity contribution in [2.45, 2.75) is 76.5 Å². The van der Waals surface area contributed by atoms with Crippen LogP contribution in [0.4, 0.5) is 13.2 Å². The van der Waals surface area contributed by atoms with Gasteiger partial charge in [0, 0.05) is 11.8 Å². The topological polar surface area (TPSA) is 37.3 Å². The molecule has 0 aromatic rings. The zero-order valence-corrected chi connectivity index (χ0v) is 15.8. The third-order valence-electron chi connectivity index (χ3n) is 8.36. The Morgan fingerprint density at radius 3 is 2.50 bits per heavy atom. The first-order valence-electron chi connectivity index (χ1n) is 9.87. The molecule has 4 aliphatic carbocycles. The predicted octanol–water partition coefficient (Wildman–Crippen LogP) is 5.38.